The summed E-state index contributed by atoms with van der Waals surface area (Å²) < 4.78 is 1.07. The standard InChI is InChI=1S/C12H15NOS2/c1-8(2)9-3-4-11(14)10(7-9)13-12-15-5-6-16-12/h3-4,7-8,14H,5-6H2,1-2H3. The van der Waals surface area contributed by atoms with Gasteiger partial charge in [0.2, 0.25) is 0 Å². The molecular formula is C12H15NOS2. The second kappa shape index (κ2) is 5.15. The topological polar surface area (TPSA) is 32.6 Å². The molecule has 2 nitrogen and oxygen atoms in total. The lowest BCUT2D eigenvalue weighted by molar-refractivity contribution is 0.476. The predicted octanol–water partition coefficient (Wildman–Crippen LogP) is 3.98. The summed E-state index contributed by atoms with van der Waals surface area (Å²) in [5, 5.41) is 9.75. The zero-order valence-electron chi connectivity index (χ0n) is 9.43. The Labute approximate surface area is 105 Å². The summed E-state index contributed by atoms with van der Waals surface area (Å²) in [5.41, 5.74) is 1.91. The van der Waals surface area contributed by atoms with Crippen molar-refractivity contribution in [1.29, 1.82) is 0 Å². The Kier molecular flexibility index (Phi) is 3.82. The number of aliphatic imine (C=N–C) groups is 1. The monoisotopic (exact) mass is 253 g/mol. The van der Waals surface area contributed by atoms with Crippen LogP contribution in [0.15, 0.2) is 23.2 Å². The van der Waals surface area contributed by atoms with Crippen molar-refractivity contribution in [3.05, 3.63) is 23.8 Å². The second-order valence-electron chi connectivity index (χ2n) is 3.98. The van der Waals surface area contributed by atoms with Crippen LogP contribution in [-0.4, -0.2) is 21.0 Å². The van der Waals surface area contributed by atoms with Gasteiger partial charge in [0.05, 0.1) is 0 Å². The smallest absolute Gasteiger partial charge is 0.141 e. The van der Waals surface area contributed by atoms with Gasteiger partial charge >= 0.3 is 0 Å². The minimum atomic E-state index is 0.269. The van der Waals surface area contributed by atoms with Crippen molar-refractivity contribution in [2.45, 2.75) is 19.8 Å². The Morgan fingerprint density at radius 3 is 2.56 bits per heavy atom. The zero-order valence-corrected chi connectivity index (χ0v) is 11.1. The van der Waals surface area contributed by atoms with Gasteiger partial charge in [-0.3, -0.25) is 0 Å². The summed E-state index contributed by atoms with van der Waals surface area (Å²) >= 11 is 3.52. The number of nitrogens with zero attached hydrogens (tertiary/aromatic N) is 1. The van der Waals surface area contributed by atoms with Gasteiger partial charge in [0, 0.05) is 11.5 Å². The van der Waals surface area contributed by atoms with Crippen LogP contribution in [0.3, 0.4) is 0 Å². The van der Waals surface area contributed by atoms with Crippen LogP contribution in [0.25, 0.3) is 0 Å². The van der Waals surface area contributed by atoms with E-state index >= 15 is 0 Å². The van der Waals surface area contributed by atoms with Crippen LogP contribution in [0.2, 0.25) is 0 Å². The first-order valence-corrected chi connectivity index (χ1v) is 7.31. The fourth-order valence-electron chi connectivity index (χ4n) is 1.45. The maximum Gasteiger partial charge on any atom is 0.141 e. The molecule has 0 atom stereocenters. The highest BCUT2D eigenvalue weighted by Gasteiger charge is 2.11. The minimum Gasteiger partial charge on any atom is -0.506 e. The lowest BCUT2D eigenvalue weighted by Gasteiger charge is -2.07. The average Bonchev–Trinajstić information content (AvgIpc) is 2.73. The van der Waals surface area contributed by atoms with Crippen LogP contribution in [0.4, 0.5) is 5.69 Å². The molecule has 1 heterocycles. The molecule has 1 aliphatic heterocycles. The normalized spacial score (nSPS) is 15.8. The molecule has 2 rings (SSSR count). The van der Waals surface area contributed by atoms with Gasteiger partial charge in [-0.25, -0.2) is 4.99 Å². The molecular weight excluding hydrogens is 238 g/mol. The van der Waals surface area contributed by atoms with E-state index in [0.29, 0.717) is 11.6 Å². The third-order valence-electron chi connectivity index (χ3n) is 2.41. The quantitative estimate of drug-likeness (QED) is 0.865. The lowest BCUT2D eigenvalue weighted by atomic mass is 10.0. The first-order chi connectivity index (χ1) is 7.66. The molecule has 0 spiro atoms. The molecule has 4 heteroatoms. The summed E-state index contributed by atoms with van der Waals surface area (Å²) in [5.74, 6) is 2.97. The number of aromatic hydroxyl groups is 1. The van der Waals surface area contributed by atoms with Crippen LogP contribution in [0.1, 0.15) is 25.3 Å². The van der Waals surface area contributed by atoms with E-state index in [1.54, 1.807) is 29.6 Å². The van der Waals surface area contributed by atoms with E-state index in [-0.39, 0.29) is 5.75 Å². The molecule has 0 radical (unpaired) electrons. The Hall–Kier alpha value is -0.610. The number of hydrogen-bond donors (Lipinski definition) is 1. The molecule has 0 amide bonds. The highest BCUT2D eigenvalue weighted by Crippen LogP contribution is 2.34. The van der Waals surface area contributed by atoms with E-state index in [2.05, 4.69) is 18.8 Å². The zero-order chi connectivity index (χ0) is 11.5. The van der Waals surface area contributed by atoms with E-state index in [4.69, 9.17) is 0 Å². The van der Waals surface area contributed by atoms with Crippen molar-refractivity contribution in [2.24, 2.45) is 4.99 Å². The molecule has 1 aromatic carbocycles. The Bertz CT molecular complexity index is 407. The Morgan fingerprint density at radius 2 is 1.94 bits per heavy atom. The van der Waals surface area contributed by atoms with Gasteiger partial charge in [0.15, 0.2) is 0 Å². The number of thioether (sulfide) groups is 2. The minimum absolute atomic E-state index is 0.269. The third kappa shape index (κ3) is 2.74. The number of phenolic OH excluding ortho intramolecular Hbond substituents is 1. The summed E-state index contributed by atoms with van der Waals surface area (Å²) in [6.07, 6.45) is 0. The molecule has 1 saturated heterocycles. The van der Waals surface area contributed by atoms with Gasteiger partial charge in [-0.1, -0.05) is 43.4 Å². The highest BCUT2D eigenvalue weighted by atomic mass is 32.2. The summed E-state index contributed by atoms with van der Waals surface area (Å²) in [6.45, 7) is 4.28. The van der Waals surface area contributed by atoms with Crippen molar-refractivity contribution in [3.63, 3.8) is 0 Å². The predicted molar refractivity (Wildman–Crippen MR) is 74.2 cm³/mol. The molecule has 0 aromatic heterocycles. The van der Waals surface area contributed by atoms with E-state index in [1.807, 2.05) is 12.1 Å². The van der Waals surface area contributed by atoms with Crippen LogP contribution >= 0.6 is 23.5 Å². The van der Waals surface area contributed by atoms with Crippen molar-refractivity contribution >= 4 is 33.6 Å². The highest BCUT2D eigenvalue weighted by molar-refractivity contribution is 8.41. The fourth-order valence-corrected chi connectivity index (χ4v) is 3.63. The van der Waals surface area contributed by atoms with E-state index in [0.717, 1.165) is 15.9 Å². The van der Waals surface area contributed by atoms with Gasteiger partial charge in [-0.2, -0.15) is 0 Å². The summed E-state index contributed by atoms with van der Waals surface area (Å²) in [7, 11) is 0. The van der Waals surface area contributed by atoms with Crippen LogP contribution in [0, 0.1) is 0 Å². The SMILES string of the molecule is CC(C)c1ccc(O)c(N=C2SCCS2)c1. The van der Waals surface area contributed by atoms with Gasteiger partial charge in [0.25, 0.3) is 0 Å². The fraction of sp³-hybridized carbons (Fsp3) is 0.417. The lowest BCUT2D eigenvalue weighted by Crippen LogP contribution is -1.86. The van der Waals surface area contributed by atoms with E-state index in [1.165, 1.54) is 5.56 Å². The molecule has 0 bridgehead atoms. The van der Waals surface area contributed by atoms with E-state index in [9.17, 15) is 5.11 Å². The van der Waals surface area contributed by atoms with Crippen LogP contribution in [0.5, 0.6) is 5.75 Å². The maximum absolute atomic E-state index is 9.75. The van der Waals surface area contributed by atoms with Crippen LogP contribution < -0.4 is 0 Å². The molecule has 0 aliphatic carbocycles. The largest absolute Gasteiger partial charge is 0.506 e. The van der Waals surface area contributed by atoms with Crippen molar-refractivity contribution in [3.8, 4) is 5.75 Å². The number of phenols is 1. The van der Waals surface area contributed by atoms with Gasteiger partial charge in [-0.15, -0.1) is 0 Å². The number of rotatable bonds is 2. The van der Waals surface area contributed by atoms with E-state index < -0.39 is 0 Å². The molecule has 1 aromatic rings. The first-order valence-electron chi connectivity index (χ1n) is 5.34. The second-order valence-corrected chi connectivity index (χ2v) is 6.40. The van der Waals surface area contributed by atoms with Gasteiger partial charge in [0.1, 0.15) is 15.8 Å². The van der Waals surface area contributed by atoms with Crippen molar-refractivity contribution in [1.82, 2.24) is 0 Å². The maximum atomic E-state index is 9.75. The van der Waals surface area contributed by atoms with Crippen molar-refractivity contribution in [2.75, 3.05) is 11.5 Å². The third-order valence-corrected chi connectivity index (χ3v) is 4.87. The molecule has 0 unspecified atom stereocenters. The number of benzene rings is 1. The average molecular weight is 253 g/mol. The first kappa shape index (κ1) is 11.9. The molecule has 0 saturated carbocycles. The number of hydrogen-bond acceptors (Lipinski definition) is 4. The van der Waals surface area contributed by atoms with Gasteiger partial charge in [-0.05, 0) is 23.6 Å². The Morgan fingerprint density at radius 1 is 1.25 bits per heavy atom. The molecule has 1 fully saturated rings. The summed E-state index contributed by atoms with van der Waals surface area (Å²) in [4.78, 5) is 4.49. The van der Waals surface area contributed by atoms with Gasteiger partial charge < -0.3 is 5.11 Å². The Balaban J connectivity index is 2.31. The molecule has 86 valence electrons. The summed E-state index contributed by atoms with van der Waals surface area (Å²) in [6, 6.07) is 5.67. The van der Waals surface area contributed by atoms with Crippen LogP contribution in [-0.2, 0) is 0 Å². The van der Waals surface area contributed by atoms with Crippen molar-refractivity contribution < 1.29 is 5.11 Å². The molecule has 1 N–H and O–H groups in total. The molecule has 16 heavy (non-hydrogen) atoms. The molecule has 1 aliphatic rings.